The number of rotatable bonds is 5. The van der Waals surface area contributed by atoms with Crippen molar-refractivity contribution < 1.29 is 14.3 Å². The van der Waals surface area contributed by atoms with Gasteiger partial charge in [-0.15, -0.1) is 11.8 Å². The van der Waals surface area contributed by atoms with Crippen LogP contribution in [0.4, 0.5) is 11.4 Å². The zero-order valence-corrected chi connectivity index (χ0v) is 14.5. The second-order valence-corrected chi connectivity index (χ2v) is 6.33. The maximum atomic E-state index is 12.4. The molecule has 3 rings (SSSR count). The highest BCUT2D eigenvalue weighted by Crippen LogP contribution is 2.32. The molecular formula is C18H20N2O3S. The standard InChI is InChI=1S/C18H20N2O3S/c1-12(19-13-4-3-5-15(10-13)24-2)18(21)20-14-6-7-16-17(11-14)23-9-8-22-16/h3-7,10-12,19H,8-9H2,1-2H3,(H,20,21)/t12-/m0/s1. The third-order valence-corrected chi connectivity index (χ3v) is 4.38. The quantitative estimate of drug-likeness (QED) is 0.811. The Labute approximate surface area is 145 Å². The lowest BCUT2D eigenvalue weighted by Crippen LogP contribution is -2.31. The molecule has 0 bridgehead atoms. The first-order chi connectivity index (χ1) is 11.7. The average molecular weight is 344 g/mol. The molecule has 24 heavy (non-hydrogen) atoms. The second-order valence-electron chi connectivity index (χ2n) is 5.45. The highest BCUT2D eigenvalue weighted by atomic mass is 32.2. The topological polar surface area (TPSA) is 59.6 Å². The van der Waals surface area contributed by atoms with Crippen molar-refractivity contribution in [3.8, 4) is 11.5 Å². The van der Waals surface area contributed by atoms with E-state index in [0.717, 1.165) is 10.6 Å². The smallest absolute Gasteiger partial charge is 0.246 e. The summed E-state index contributed by atoms with van der Waals surface area (Å²) in [7, 11) is 0. The van der Waals surface area contributed by atoms with Gasteiger partial charge in [-0.1, -0.05) is 6.07 Å². The van der Waals surface area contributed by atoms with Crippen LogP contribution in [0.3, 0.4) is 0 Å². The normalized spacial score (nSPS) is 13.9. The number of hydrogen-bond acceptors (Lipinski definition) is 5. The van der Waals surface area contributed by atoms with Gasteiger partial charge in [0.15, 0.2) is 11.5 Å². The van der Waals surface area contributed by atoms with Gasteiger partial charge in [0.05, 0.1) is 0 Å². The molecule has 0 aromatic heterocycles. The summed E-state index contributed by atoms with van der Waals surface area (Å²) in [6.07, 6.45) is 2.02. The number of carbonyl (C=O) groups is 1. The van der Waals surface area contributed by atoms with Crippen LogP contribution in [0.5, 0.6) is 11.5 Å². The summed E-state index contributed by atoms with van der Waals surface area (Å²) in [6.45, 7) is 2.90. The molecule has 5 nitrogen and oxygen atoms in total. The molecule has 126 valence electrons. The highest BCUT2D eigenvalue weighted by molar-refractivity contribution is 7.98. The van der Waals surface area contributed by atoms with Crippen molar-refractivity contribution in [2.45, 2.75) is 17.9 Å². The Bertz CT molecular complexity index is 736. The first kappa shape index (κ1) is 16.5. The number of thioether (sulfide) groups is 1. The van der Waals surface area contributed by atoms with Gasteiger partial charge in [0, 0.05) is 22.3 Å². The van der Waals surface area contributed by atoms with Crippen molar-refractivity contribution in [2.24, 2.45) is 0 Å². The maximum absolute atomic E-state index is 12.4. The summed E-state index contributed by atoms with van der Waals surface area (Å²) in [5.74, 6) is 1.26. The second kappa shape index (κ2) is 7.49. The van der Waals surface area contributed by atoms with Crippen molar-refractivity contribution in [3.05, 3.63) is 42.5 Å². The number of benzene rings is 2. The van der Waals surface area contributed by atoms with Crippen LogP contribution in [0.2, 0.25) is 0 Å². The van der Waals surface area contributed by atoms with Gasteiger partial charge in [-0.2, -0.15) is 0 Å². The Kier molecular flexibility index (Phi) is 5.15. The SMILES string of the molecule is CSc1cccc(N[C@@H](C)C(=O)Nc2ccc3c(c2)OCCO3)c1. The van der Waals surface area contributed by atoms with E-state index in [-0.39, 0.29) is 11.9 Å². The van der Waals surface area contributed by atoms with Gasteiger partial charge in [0.2, 0.25) is 5.91 Å². The Morgan fingerprint density at radius 2 is 1.88 bits per heavy atom. The molecule has 0 unspecified atom stereocenters. The molecule has 1 aliphatic rings. The number of ether oxygens (including phenoxy) is 2. The van der Waals surface area contributed by atoms with E-state index in [1.807, 2.05) is 49.6 Å². The van der Waals surface area contributed by atoms with Crippen LogP contribution in [0.25, 0.3) is 0 Å². The van der Waals surface area contributed by atoms with E-state index >= 15 is 0 Å². The minimum absolute atomic E-state index is 0.110. The van der Waals surface area contributed by atoms with Gasteiger partial charge in [0.25, 0.3) is 0 Å². The van der Waals surface area contributed by atoms with Crippen LogP contribution < -0.4 is 20.1 Å². The van der Waals surface area contributed by atoms with Gasteiger partial charge in [-0.25, -0.2) is 0 Å². The summed E-state index contributed by atoms with van der Waals surface area (Å²) in [4.78, 5) is 13.5. The summed E-state index contributed by atoms with van der Waals surface area (Å²) >= 11 is 1.67. The fraction of sp³-hybridized carbons (Fsp3) is 0.278. The van der Waals surface area contributed by atoms with E-state index in [9.17, 15) is 4.79 Å². The van der Waals surface area contributed by atoms with Crippen LogP contribution in [0, 0.1) is 0 Å². The maximum Gasteiger partial charge on any atom is 0.246 e. The summed E-state index contributed by atoms with van der Waals surface area (Å²) in [5, 5.41) is 6.12. The molecule has 2 N–H and O–H groups in total. The predicted molar refractivity (Wildman–Crippen MR) is 97.4 cm³/mol. The zero-order valence-electron chi connectivity index (χ0n) is 13.7. The third kappa shape index (κ3) is 3.94. The number of hydrogen-bond donors (Lipinski definition) is 2. The highest BCUT2D eigenvalue weighted by Gasteiger charge is 2.16. The molecule has 0 aliphatic carbocycles. The van der Waals surface area contributed by atoms with Crippen molar-refractivity contribution in [3.63, 3.8) is 0 Å². The third-order valence-electron chi connectivity index (χ3n) is 3.66. The molecule has 0 saturated carbocycles. The number of carbonyl (C=O) groups excluding carboxylic acids is 1. The van der Waals surface area contributed by atoms with Crippen molar-refractivity contribution in [1.29, 1.82) is 0 Å². The van der Waals surface area contributed by atoms with Gasteiger partial charge in [-0.3, -0.25) is 4.79 Å². The molecule has 1 heterocycles. The fourth-order valence-electron chi connectivity index (χ4n) is 2.40. The molecule has 0 spiro atoms. The van der Waals surface area contributed by atoms with E-state index in [4.69, 9.17) is 9.47 Å². The molecule has 2 aromatic carbocycles. The van der Waals surface area contributed by atoms with Crippen LogP contribution in [-0.4, -0.2) is 31.4 Å². The van der Waals surface area contributed by atoms with Crippen molar-refractivity contribution >= 4 is 29.0 Å². The van der Waals surface area contributed by atoms with Gasteiger partial charge in [0.1, 0.15) is 19.3 Å². The Morgan fingerprint density at radius 1 is 1.08 bits per heavy atom. The Morgan fingerprint density at radius 3 is 2.67 bits per heavy atom. The predicted octanol–water partition coefficient (Wildman–Crippen LogP) is 3.62. The molecule has 1 amide bonds. The Balaban J connectivity index is 1.63. The lowest BCUT2D eigenvalue weighted by Gasteiger charge is -2.20. The molecule has 0 saturated heterocycles. The van der Waals surface area contributed by atoms with Crippen LogP contribution in [-0.2, 0) is 4.79 Å². The van der Waals surface area contributed by atoms with E-state index in [1.54, 1.807) is 17.8 Å². The summed E-state index contributed by atoms with van der Waals surface area (Å²) in [6, 6.07) is 13.0. The minimum atomic E-state index is -0.365. The largest absolute Gasteiger partial charge is 0.486 e. The molecule has 0 fully saturated rings. The van der Waals surface area contributed by atoms with E-state index in [0.29, 0.717) is 30.4 Å². The number of amides is 1. The molecule has 6 heteroatoms. The molecule has 1 atom stereocenters. The van der Waals surface area contributed by atoms with E-state index in [2.05, 4.69) is 10.6 Å². The van der Waals surface area contributed by atoms with Crippen LogP contribution in [0.15, 0.2) is 47.4 Å². The first-order valence-corrected chi connectivity index (χ1v) is 8.99. The summed E-state index contributed by atoms with van der Waals surface area (Å²) < 4.78 is 11.0. The van der Waals surface area contributed by atoms with Gasteiger partial charge < -0.3 is 20.1 Å². The molecule has 1 aliphatic heterocycles. The van der Waals surface area contributed by atoms with Crippen molar-refractivity contribution in [1.82, 2.24) is 0 Å². The van der Waals surface area contributed by atoms with Crippen LogP contribution >= 0.6 is 11.8 Å². The van der Waals surface area contributed by atoms with E-state index in [1.165, 1.54) is 0 Å². The van der Waals surface area contributed by atoms with Gasteiger partial charge >= 0.3 is 0 Å². The van der Waals surface area contributed by atoms with E-state index < -0.39 is 0 Å². The zero-order chi connectivity index (χ0) is 16.9. The fourth-order valence-corrected chi connectivity index (χ4v) is 2.86. The minimum Gasteiger partial charge on any atom is -0.486 e. The van der Waals surface area contributed by atoms with Crippen LogP contribution in [0.1, 0.15) is 6.92 Å². The van der Waals surface area contributed by atoms with Crippen molar-refractivity contribution in [2.75, 3.05) is 30.1 Å². The average Bonchev–Trinajstić information content (AvgIpc) is 2.61. The first-order valence-electron chi connectivity index (χ1n) is 7.77. The molecular weight excluding hydrogens is 324 g/mol. The van der Waals surface area contributed by atoms with Gasteiger partial charge in [-0.05, 0) is 43.5 Å². The lowest BCUT2D eigenvalue weighted by atomic mass is 10.2. The Hall–Kier alpha value is -2.34. The number of nitrogens with one attached hydrogen (secondary N) is 2. The summed E-state index contributed by atoms with van der Waals surface area (Å²) in [5.41, 5.74) is 1.61. The number of anilines is 2. The number of fused-ring (bicyclic) bond motifs is 1. The molecule has 2 aromatic rings. The lowest BCUT2D eigenvalue weighted by molar-refractivity contribution is -0.116. The molecule has 0 radical (unpaired) electrons. The monoisotopic (exact) mass is 344 g/mol.